The Morgan fingerprint density at radius 1 is 0.264 bits per heavy atom. The Balaban J connectivity index is 1.13. The van der Waals surface area contributed by atoms with E-state index in [1.165, 1.54) is 111 Å². The minimum atomic E-state index is -0.194. The van der Waals surface area contributed by atoms with Crippen molar-refractivity contribution in [2.45, 2.75) is 57.8 Å². The molecule has 0 unspecified atom stereocenters. The largest absolute Gasteiger partial charge is 0.0619 e. The van der Waals surface area contributed by atoms with Crippen molar-refractivity contribution in [1.29, 1.82) is 0 Å². The van der Waals surface area contributed by atoms with Gasteiger partial charge in [0.1, 0.15) is 0 Å². The minimum Gasteiger partial charge on any atom is -0.0619 e. The first-order valence-electron chi connectivity index (χ1n) is 19.2. The van der Waals surface area contributed by atoms with Gasteiger partial charge >= 0.3 is 0 Å². The van der Waals surface area contributed by atoms with E-state index in [0.717, 1.165) is 0 Å². The number of rotatable bonds is 2. The highest BCUT2D eigenvalue weighted by Gasteiger charge is 2.41. The molecule has 0 saturated heterocycles. The summed E-state index contributed by atoms with van der Waals surface area (Å²) in [5.74, 6) is 0. The molecule has 0 spiro atoms. The number of hydrogen-bond donors (Lipinski definition) is 0. The second-order valence-electron chi connectivity index (χ2n) is 17.3. The van der Waals surface area contributed by atoms with Crippen LogP contribution in [-0.2, 0) is 16.2 Å². The van der Waals surface area contributed by atoms with Gasteiger partial charge in [0.2, 0.25) is 0 Å². The monoisotopic (exact) mass is 678 g/mol. The van der Waals surface area contributed by atoms with Crippen molar-refractivity contribution in [3.8, 4) is 55.6 Å². The fourth-order valence-corrected chi connectivity index (χ4v) is 10.6. The van der Waals surface area contributed by atoms with E-state index in [9.17, 15) is 0 Å². The van der Waals surface area contributed by atoms with E-state index in [1.54, 1.807) is 0 Å². The molecule has 8 aromatic rings. The maximum Gasteiger partial charge on any atom is 0.0159 e. The molecule has 8 aromatic carbocycles. The van der Waals surface area contributed by atoms with Crippen molar-refractivity contribution < 1.29 is 0 Å². The van der Waals surface area contributed by atoms with E-state index in [0.29, 0.717) is 0 Å². The zero-order chi connectivity index (χ0) is 36.0. The fourth-order valence-electron chi connectivity index (χ4n) is 10.6. The van der Waals surface area contributed by atoms with Gasteiger partial charge in [0.15, 0.2) is 0 Å². The van der Waals surface area contributed by atoms with Crippen molar-refractivity contribution in [1.82, 2.24) is 0 Å². The number of hydrogen-bond acceptors (Lipinski definition) is 0. The zero-order valence-corrected chi connectivity index (χ0v) is 31.4. The third-order valence-electron chi connectivity index (χ3n) is 13.5. The van der Waals surface area contributed by atoms with Crippen molar-refractivity contribution >= 4 is 21.5 Å². The summed E-state index contributed by atoms with van der Waals surface area (Å²) in [6.07, 6.45) is 0. The van der Waals surface area contributed by atoms with Gasteiger partial charge in [-0.1, -0.05) is 163 Å². The van der Waals surface area contributed by atoms with Crippen LogP contribution in [0.25, 0.3) is 77.2 Å². The maximum atomic E-state index is 2.54. The van der Waals surface area contributed by atoms with Gasteiger partial charge in [0.05, 0.1) is 0 Å². The van der Waals surface area contributed by atoms with Crippen LogP contribution >= 0.6 is 0 Å². The Hall–Kier alpha value is -5.72. The predicted molar refractivity (Wildman–Crippen MR) is 225 cm³/mol. The Morgan fingerprint density at radius 2 is 0.604 bits per heavy atom. The number of fused-ring (bicyclic) bond motifs is 13. The van der Waals surface area contributed by atoms with Gasteiger partial charge in [-0.3, -0.25) is 0 Å². The van der Waals surface area contributed by atoms with Gasteiger partial charge in [-0.25, -0.2) is 0 Å². The van der Waals surface area contributed by atoms with Gasteiger partial charge in [0.25, 0.3) is 0 Å². The van der Waals surface area contributed by atoms with Crippen LogP contribution in [0.5, 0.6) is 0 Å². The standard InChI is InChI=1S/C53H42/c1-51(2)43-21-13-11-17-35(43)37-25-23-31(27-45(37)51)41-29-47-49(39-19-9-7-15-33(39)41)50-40-20-10-8-16-34(40)42(30-48(50)53(47,5)6)32-24-26-38-36-18-12-14-22-44(36)52(3,4)46(38)28-32/h7-30H,1-6H3. The lowest BCUT2D eigenvalue weighted by atomic mass is 9.78. The van der Waals surface area contributed by atoms with E-state index in [1.807, 2.05) is 0 Å². The van der Waals surface area contributed by atoms with Gasteiger partial charge in [-0.2, -0.15) is 0 Å². The molecule has 0 nitrogen and oxygen atoms in total. The van der Waals surface area contributed by atoms with Crippen LogP contribution in [0.15, 0.2) is 146 Å². The molecule has 11 rings (SSSR count). The average Bonchev–Trinajstić information content (AvgIpc) is 3.66. The van der Waals surface area contributed by atoms with Crippen molar-refractivity contribution in [3.63, 3.8) is 0 Å². The quantitative estimate of drug-likeness (QED) is 0.171. The first kappa shape index (κ1) is 30.9. The van der Waals surface area contributed by atoms with Gasteiger partial charge < -0.3 is 0 Å². The van der Waals surface area contributed by atoms with E-state index in [4.69, 9.17) is 0 Å². The Bertz CT molecular complexity index is 2710. The molecule has 0 heteroatoms. The summed E-state index contributed by atoms with van der Waals surface area (Å²) in [6.45, 7) is 14.4. The molecule has 0 radical (unpaired) electrons. The molecule has 0 N–H and O–H groups in total. The fraction of sp³-hybridized carbons (Fsp3) is 0.170. The van der Waals surface area contributed by atoms with Gasteiger partial charge in [-0.05, 0) is 135 Å². The summed E-state index contributed by atoms with van der Waals surface area (Å²) >= 11 is 0. The Labute approximate surface area is 312 Å². The first-order chi connectivity index (χ1) is 25.6. The normalized spacial score (nSPS) is 16.2. The molecule has 254 valence electrons. The molecule has 53 heavy (non-hydrogen) atoms. The molecule has 3 aliphatic carbocycles. The van der Waals surface area contributed by atoms with Crippen LogP contribution in [0.2, 0.25) is 0 Å². The molecule has 0 bridgehead atoms. The second-order valence-corrected chi connectivity index (χ2v) is 17.3. The first-order valence-corrected chi connectivity index (χ1v) is 19.2. The maximum absolute atomic E-state index is 2.54. The lowest BCUT2D eigenvalue weighted by Crippen LogP contribution is -2.16. The molecular formula is C53H42. The summed E-state index contributed by atoms with van der Waals surface area (Å²) in [5, 5.41) is 5.31. The lowest BCUT2D eigenvalue weighted by Gasteiger charge is -2.25. The summed E-state index contributed by atoms with van der Waals surface area (Å²) < 4.78 is 0. The highest BCUT2D eigenvalue weighted by molar-refractivity contribution is 6.17. The molecule has 0 amide bonds. The summed E-state index contributed by atoms with van der Waals surface area (Å²) in [5.41, 5.74) is 21.7. The van der Waals surface area contributed by atoms with E-state index in [-0.39, 0.29) is 16.2 Å². The van der Waals surface area contributed by atoms with Crippen LogP contribution in [-0.4, -0.2) is 0 Å². The van der Waals surface area contributed by atoms with Crippen LogP contribution < -0.4 is 0 Å². The summed E-state index contributed by atoms with van der Waals surface area (Å²) in [6, 6.07) is 55.7. The van der Waals surface area contributed by atoms with Crippen molar-refractivity contribution in [2.75, 3.05) is 0 Å². The predicted octanol–water partition coefficient (Wildman–Crippen LogP) is 14.2. The van der Waals surface area contributed by atoms with E-state index < -0.39 is 0 Å². The molecule has 3 aliphatic rings. The van der Waals surface area contributed by atoms with E-state index >= 15 is 0 Å². The third kappa shape index (κ3) is 3.91. The Kier molecular flexibility index (Phi) is 5.96. The van der Waals surface area contributed by atoms with Crippen LogP contribution in [0.1, 0.15) is 74.9 Å². The molecule has 0 saturated carbocycles. The third-order valence-corrected chi connectivity index (χ3v) is 13.5. The highest BCUT2D eigenvalue weighted by atomic mass is 14.4. The molecule has 0 heterocycles. The van der Waals surface area contributed by atoms with Gasteiger partial charge in [0, 0.05) is 16.2 Å². The molecular weight excluding hydrogens is 637 g/mol. The van der Waals surface area contributed by atoms with Crippen LogP contribution in [0.4, 0.5) is 0 Å². The number of benzene rings is 8. The SMILES string of the molecule is CC1(C)c2ccccc2-c2ccc(-c3cc4c(c5ccccc35)-c3c(cc(-c5ccc6c(c5)C(C)(C)c5ccccc5-6)c5ccccc35)C4(C)C)cc21. The van der Waals surface area contributed by atoms with Crippen LogP contribution in [0, 0.1) is 0 Å². The smallest absolute Gasteiger partial charge is 0.0159 e. The van der Waals surface area contributed by atoms with Crippen molar-refractivity contribution in [3.05, 3.63) is 179 Å². The molecule has 0 aromatic heterocycles. The van der Waals surface area contributed by atoms with E-state index in [2.05, 4.69) is 187 Å². The average molecular weight is 679 g/mol. The highest BCUT2D eigenvalue weighted by Crippen LogP contribution is 2.58. The summed E-state index contributed by atoms with van der Waals surface area (Å²) in [4.78, 5) is 0. The lowest BCUT2D eigenvalue weighted by molar-refractivity contribution is 0.659. The topological polar surface area (TPSA) is 0 Å². The van der Waals surface area contributed by atoms with Gasteiger partial charge in [-0.15, -0.1) is 0 Å². The molecule has 0 atom stereocenters. The minimum absolute atomic E-state index is 0.0468. The van der Waals surface area contributed by atoms with Crippen molar-refractivity contribution in [2.24, 2.45) is 0 Å². The van der Waals surface area contributed by atoms with Crippen LogP contribution in [0.3, 0.4) is 0 Å². The molecule has 0 fully saturated rings. The summed E-state index contributed by atoms with van der Waals surface area (Å²) in [7, 11) is 0. The second kappa shape index (κ2) is 10.2. The Morgan fingerprint density at radius 3 is 1.04 bits per heavy atom. The molecule has 0 aliphatic heterocycles. The zero-order valence-electron chi connectivity index (χ0n) is 31.4.